The summed E-state index contributed by atoms with van der Waals surface area (Å²) < 4.78 is 34.4. The summed E-state index contributed by atoms with van der Waals surface area (Å²) >= 11 is 4.76. The second kappa shape index (κ2) is 11.7. The molecule has 1 aromatic heterocycles. The molecule has 2 heterocycles. The number of rotatable bonds is 9. The smallest absolute Gasteiger partial charge is 0.263 e. The first-order valence-electron chi connectivity index (χ1n) is 11.2. The summed E-state index contributed by atoms with van der Waals surface area (Å²) in [6.07, 6.45) is 3.60. The summed E-state index contributed by atoms with van der Waals surface area (Å²) in [5, 5.41) is 0. The van der Waals surface area contributed by atoms with Crippen LogP contribution in [-0.4, -0.2) is 67.0 Å². The number of benzene rings is 1. The van der Waals surface area contributed by atoms with Crippen LogP contribution in [0.4, 0.5) is 0 Å². The van der Waals surface area contributed by atoms with Gasteiger partial charge in [0.2, 0.25) is 5.91 Å². The molecular weight excluding hydrogens is 530 g/mol. The molecule has 1 saturated heterocycles. The molecule has 0 aliphatic carbocycles. The molecule has 8 nitrogen and oxygen atoms in total. The van der Waals surface area contributed by atoms with E-state index in [1.54, 1.807) is 4.90 Å². The predicted octanol–water partition coefficient (Wildman–Crippen LogP) is 3.14. The molecule has 2 aromatic rings. The lowest BCUT2D eigenvalue weighted by Crippen LogP contribution is -2.46. The Labute approximate surface area is 206 Å². The standard InChI is InChI=1S/C22H30BrN3O5S2/c1-3-17-7-5-6-10-25(17)21(28)15-33(29,30)14-20(27)24-22-26(11-12-31-4-2)18-9-8-16(23)13-19(18)32-22/h8-9,13,17H,3-7,10-12,14-15H2,1-2H3. The van der Waals surface area contributed by atoms with Crippen LogP contribution in [0.5, 0.6) is 0 Å². The van der Waals surface area contributed by atoms with E-state index in [0.717, 1.165) is 40.4 Å². The Hall–Kier alpha value is -1.56. The first-order chi connectivity index (χ1) is 15.7. The lowest BCUT2D eigenvalue weighted by molar-refractivity contribution is -0.132. The summed E-state index contributed by atoms with van der Waals surface area (Å²) in [7, 11) is -3.92. The summed E-state index contributed by atoms with van der Waals surface area (Å²) in [4.78, 5) is 31.5. The molecule has 1 atom stereocenters. The van der Waals surface area contributed by atoms with E-state index >= 15 is 0 Å². The topological polar surface area (TPSA) is 98.0 Å². The minimum absolute atomic E-state index is 0.0732. The number of thiazole rings is 1. The molecule has 1 aliphatic heterocycles. The Morgan fingerprint density at radius 1 is 1.24 bits per heavy atom. The number of aromatic nitrogens is 1. The molecule has 0 N–H and O–H groups in total. The fraction of sp³-hybridized carbons (Fsp3) is 0.591. The lowest BCUT2D eigenvalue weighted by Gasteiger charge is -2.35. The van der Waals surface area contributed by atoms with Crippen LogP contribution in [0, 0.1) is 0 Å². The number of piperidine rings is 1. The van der Waals surface area contributed by atoms with Gasteiger partial charge in [-0.3, -0.25) is 9.59 Å². The van der Waals surface area contributed by atoms with Gasteiger partial charge in [0.05, 0.1) is 16.8 Å². The quantitative estimate of drug-likeness (QED) is 0.439. The van der Waals surface area contributed by atoms with Crippen LogP contribution >= 0.6 is 27.3 Å². The van der Waals surface area contributed by atoms with Crippen molar-refractivity contribution in [1.29, 1.82) is 0 Å². The molecule has 3 rings (SSSR count). The molecule has 0 spiro atoms. The van der Waals surface area contributed by atoms with Crippen molar-refractivity contribution >= 4 is 59.1 Å². The Morgan fingerprint density at radius 3 is 2.76 bits per heavy atom. The maximum atomic E-state index is 12.7. The maximum absolute atomic E-state index is 12.7. The third-order valence-electron chi connectivity index (χ3n) is 5.63. The number of fused-ring (bicyclic) bond motifs is 1. The van der Waals surface area contributed by atoms with Crippen LogP contribution in [0.25, 0.3) is 10.2 Å². The average Bonchev–Trinajstić information content (AvgIpc) is 3.08. The summed E-state index contributed by atoms with van der Waals surface area (Å²) in [5.74, 6) is -2.64. The minimum atomic E-state index is -3.92. The second-order valence-corrected chi connectivity index (χ2v) is 12.0. The van der Waals surface area contributed by atoms with E-state index in [0.29, 0.717) is 31.1 Å². The first-order valence-corrected chi connectivity index (χ1v) is 14.6. The van der Waals surface area contributed by atoms with Crippen molar-refractivity contribution in [3.8, 4) is 0 Å². The third kappa shape index (κ3) is 6.97. The van der Waals surface area contributed by atoms with Gasteiger partial charge in [-0.25, -0.2) is 8.42 Å². The number of likely N-dealkylation sites (tertiary alicyclic amines) is 1. The Morgan fingerprint density at radius 2 is 2.03 bits per heavy atom. The SMILES string of the molecule is CCOCCn1c(=NC(=O)CS(=O)(=O)CC(=O)N2CCCCC2CC)sc2cc(Br)ccc21. The third-order valence-corrected chi connectivity index (χ3v) is 8.54. The highest BCUT2D eigenvalue weighted by atomic mass is 79.9. The number of hydrogen-bond acceptors (Lipinski definition) is 6. The van der Waals surface area contributed by atoms with Crippen LogP contribution in [-0.2, 0) is 30.7 Å². The molecule has 2 amide bonds. The zero-order chi connectivity index (χ0) is 24.0. The van der Waals surface area contributed by atoms with Crippen LogP contribution < -0.4 is 4.80 Å². The highest BCUT2D eigenvalue weighted by molar-refractivity contribution is 9.10. The Kier molecular flexibility index (Phi) is 9.25. The van der Waals surface area contributed by atoms with Crippen LogP contribution in [0.15, 0.2) is 27.7 Å². The number of carbonyl (C=O) groups excluding carboxylic acids is 2. The van der Waals surface area contributed by atoms with E-state index < -0.39 is 33.2 Å². The van der Waals surface area contributed by atoms with E-state index in [1.807, 2.05) is 36.6 Å². The molecular formula is C22H30BrN3O5S2. The fourth-order valence-electron chi connectivity index (χ4n) is 4.05. The van der Waals surface area contributed by atoms with Gasteiger partial charge in [0.25, 0.3) is 5.91 Å². The number of carbonyl (C=O) groups is 2. The lowest BCUT2D eigenvalue weighted by atomic mass is 10.0. The van der Waals surface area contributed by atoms with Crippen LogP contribution in [0.1, 0.15) is 39.5 Å². The van der Waals surface area contributed by atoms with E-state index in [2.05, 4.69) is 20.9 Å². The minimum Gasteiger partial charge on any atom is -0.380 e. The molecule has 0 bridgehead atoms. The number of ether oxygens (including phenoxy) is 1. The highest BCUT2D eigenvalue weighted by Gasteiger charge is 2.29. The fourth-order valence-corrected chi connectivity index (χ4v) is 6.76. The molecule has 182 valence electrons. The number of nitrogens with zero attached hydrogens (tertiary/aromatic N) is 3. The zero-order valence-electron chi connectivity index (χ0n) is 19.0. The molecule has 1 unspecified atom stereocenters. The van der Waals surface area contributed by atoms with E-state index in [1.165, 1.54) is 11.3 Å². The Bertz CT molecular complexity index is 1170. The van der Waals surface area contributed by atoms with Gasteiger partial charge in [0.1, 0.15) is 11.5 Å². The van der Waals surface area contributed by atoms with E-state index in [9.17, 15) is 18.0 Å². The molecule has 1 fully saturated rings. The largest absolute Gasteiger partial charge is 0.380 e. The second-order valence-electron chi connectivity index (χ2n) is 8.03. The van der Waals surface area contributed by atoms with Gasteiger partial charge in [-0.2, -0.15) is 4.99 Å². The summed E-state index contributed by atoms with van der Waals surface area (Å²) in [5.41, 5.74) is 0.892. The van der Waals surface area contributed by atoms with Gasteiger partial charge in [-0.05, 0) is 50.8 Å². The van der Waals surface area contributed by atoms with Crippen LogP contribution in [0.3, 0.4) is 0 Å². The van der Waals surface area contributed by atoms with Gasteiger partial charge in [-0.1, -0.05) is 34.2 Å². The molecule has 0 saturated carbocycles. The van der Waals surface area contributed by atoms with Crippen molar-refractivity contribution in [2.45, 2.75) is 52.1 Å². The van der Waals surface area contributed by atoms with Crippen molar-refractivity contribution in [1.82, 2.24) is 9.47 Å². The maximum Gasteiger partial charge on any atom is 0.263 e. The molecule has 33 heavy (non-hydrogen) atoms. The van der Waals surface area contributed by atoms with Gasteiger partial charge < -0.3 is 14.2 Å². The molecule has 1 aromatic carbocycles. The molecule has 11 heteroatoms. The predicted molar refractivity (Wildman–Crippen MR) is 133 cm³/mol. The van der Waals surface area contributed by atoms with Crippen molar-refractivity contribution in [3.05, 3.63) is 27.5 Å². The number of amides is 2. The molecule has 0 radical (unpaired) electrons. The average molecular weight is 561 g/mol. The number of hydrogen-bond donors (Lipinski definition) is 0. The van der Waals surface area contributed by atoms with Crippen molar-refractivity contribution in [2.24, 2.45) is 4.99 Å². The Balaban J connectivity index is 1.78. The van der Waals surface area contributed by atoms with Gasteiger partial charge in [0, 0.05) is 30.2 Å². The monoisotopic (exact) mass is 559 g/mol. The normalized spacial score (nSPS) is 17.6. The summed E-state index contributed by atoms with van der Waals surface area (Å²) in [6.45, 7) is 5.98. The highest BCUT2D eigenvalue weighted by Crippen LogP contribution is 2.22. The number of halogens is 1. The van der Waals surface area contributed by atoms with E-state index in [-0.39, 0.29) is 6.04 Å². The van der Waals surface area contributed by atoms with Gasteiger partial charge >= 0.3 is 0 Å². The first kappa shape index (κ1) is 26.1. The summed E-state index contributed by atoms with van der Waals surface area (Å²) in [6, 6.07) is 5.82. The van der Waals surface area contributed by atoms with Crippen LogP contribution in [0.2, 0.25) is 0 Å². The molecule has 1 aliphatic rings. The van der Waals surface area contributed by atoms with Gasteiger partial charge in [-0.15, -0.1) is 0 Å². The zero-order valence-corrected chi connectivity index (χ0v) is 22.2. The van der Waals surface area contributed by atoms with Crippen molar-refractivity contribution < 1.29 is 22.7 Å². The van der Waals surface area contributed by atoms with Gasteiger partial charge in [0.15, 0.2) is 14.6 Å². The van der Waals surface area contributed by atoms with E-state index in [4.69, 9.17) is 4.74 Å². The van der Waals surface area contributed by atoms with Crippen molar-refractivity contribution in [2.75, 3.05) is 31.3 Å². The van der Waals surface area contributed by atoms with Crippen molar-refractivity contribution in [3.63, 3.8) is 0 Å². The number of sulfone groups is 1.